The summed E-state index contributed by atoms with van der Waals surface area (Å²) in [5.74, 6) is 0.237. The maximum absolute atomic E-state index is 13.8. The Morgan fingerprint density at radius 1 is 1.30 bits per heavy atom. The smallest absolute Gasteiger partial charge is 0.166 e. The lowest BCUT2D eigenvalue weighted by molar-refractivity contribution is 0.112. The van der Waals surface area contributed by atoms with Gasteiger partial charge in [-0.2, -0.15) is 0 Å². The number of H-pyrrole nitrogens is 1. The van der Waals surface area contributed by atoms with Gasteiger partial charge in [0.05, 0.1) is 18.3 Å². The van der Waals surface area contributed by atoms with E-state index in [2.05, 4.69) is 9.97 Å². The molecule has 0 bridgehead atoms. The summed E-state index contributed by atoms with van der Waals surface area (Å²) < 4.78 is 19.1. The Morgan fingerprint density at radius 3 is 2.90 bits per heavy atom. The maximum atomic E-state index is 13.8. The summed E-state index contributed by atoms with van der Waals surface area (Å²) >= 11 is 0. The summed E-state index contributed by atoms with van der Waals surface area (Å²) in [6.07, 6.45) is 3.93. The molecule has 20 heavy (non-hydrogen) atoms. The molecule has 0 saturated carbocycles. The summed E-state index contributed by atoms with van der Waals surface area (Å²) in [5.41, 5.74) is 2.14. The first-order chi connectivity index (χ1) is 9.74. The summed E-state index contributed by atoms with van der Waals surface area (Å²) in [4.78, 5) is 17.7. The van der Waals surface area contributed by atoms with Gasteiger partial charge in [-0.05, 0) is 23.8 Å². The van der Waals surface area contributed by atoms with E-state index in [0.717, 1.165) is 11.1 Å². The lowest BCUT2D eigenvalue weighted by Crippen LogP contribution is -1.90. The number of carbonyl (C=O) groups is 1. The second kappa shape index (κ2) is 4.77. The van der Waals surface area contributed by atoms with Gasteiger partial charge in [-0.25, -0.2) is 4.39 Å². The van der Waals surface area contributed by atoms with E-state index < -0.39 is 5.82 Å². The average Bonchev–Trinajstić information content (AvgIpc) is 2.93. The van der Waals surface area contributed by atoms with Crippen LogP contribution in [0.2, 0.25) is 0 Å². The van der Waals surface area contributed by atoms with Gasteiger partial charge in [-0.3, -0.25) is 9.78 Å². The van der Waals surface area contributed by atoms with Crippen LogP contribution in [0.15, 0.2) is 36.7 Å². The normalized spacial score (nSPS) is 10.7. The number of benzene rings is 1. The lowest BCUT2D eigenvalue weighted by Gasteiger charge is -2.09. The second-order valence-corrected chi connectivity index (χ2v) is 4.30. The number of fused-ring (bicyclic) bond motifs is 1. The largest absolute Gasteiger partial charge is 0.496 e. The molecule has 0 unspecified atom stereocenters. The Bertz CT molecular complexity index is 796. The highest BCUT2D eigenvalue weighted by atomic mass is 19.1. The number of aromatic amines is 1. The van der Waals surface area contributed by atoms with Gasteiger partial charge in [0.25, 0.3) is 0 Å². The van der Waals surface area contributed by atoms with Crippen molar-refractivity contribution in [3.63, 3.8) is 0 Å². The molecule has 0 atom stereocenters. The van der Waals surface area contributed by atoms with Gasteiger partial charge in [0.15, 0.2) is 6.29 Å². The number of hydrogen-bond acceptors (Lipinski definition) is 3. The van der Waals surface area contributed by atoms with E-state index in [1.165, 1.54) is 6.07 Å². The third-order valence-corrected chi connectivity index (χ3v) is 3.18. The molecule has 3 rings (SSSR count). The predicted octanol–water partition coefficient (Wildman–Crippen LogP) is 3.19. The fourth-order valence-corrected chi connectivity index (χ4v) is 2.27. The number of pyridine rings is 1. The zero-order valence-electron chi connectivity index (χ0n) is 10.7. The topological polar surface area (TPSA) is 55.0 Å². The molecule has 0 amide bonds. The third-order valence-electron chi connectivity index (χ3n) is 3.18. The number of nitrogens with one attached hydrogen (secondary N) is 1. The maximum Gasteiger partial charge on any atom is 0.166 e. The minimum Gasteiger partial charge on any atom is -0.496 e. The van der Waals surface area contributed by atoms with E-state index in [4.69, 9.17) is 4.74 Å². The molecule has 0 aliphatic rings. The Hall–Kier alpha value is -2.69. The molecule has 2 aromatic heterocycles. The summed E-state index contributed by atoms with van der Waals surface area (Å²) in [6, 6.07) is 6.36. The molecule has 2 heterocycles. The van der Waals surface area contributed by atoms with E-state index in [0.29, 0.717) is 28.6 Å². The number of ether oxygens (including phenoxy) is 1. The highest BCUT2D eigenvalue weighted by Crippen LogP contribution is 2.35. The summed E-state index contributed by atoms with van der Waals surface area (Å²) in [5, 5.41) is 0.624. The van der Waals surface area contributed by atoms with Crippen LogP contribution in [0.5, 0.6) is 5.75 Å². The van der Waals surface area contributed by atoms with Crippen LogP contribution >= 0.6 is 0 Å². The number of halogens is 1. The summed E-state index contributed by atoms with van der Waals surface area (Å²) in [7, 11) is 1.56. The van der Waals surface area contributed by atoms with Crippen LogP contribution in [0.4, 0.5) is 4.39 Å². The van der Waals surface area contributed by atoms with E-state index in [-0.39, 0.29) is 0 Å². The molecule has 100 valence electrons. The van der Waals surface area contributed by atoms with Crippen LogP contribution in [0.3, 0.4) is 0 Å². The van der Waals surface area contributed by atoms with Gasteiger partial charge in [-0.1, -0.05) is 6.07 Å². The monoisotopic (exact) mass is 270 g/mol. The summed E-state index contributed by atoms with van der Waals surface area (Å²) in [6.45, 7) is 0. The molecule has 0 spiro atoms. The number of hydrogen-bond donors (Lipinski definition) is 1. The van der Waals surface area contributed by atoms with Crippen molar-refractivity contribution in [3.8, 4) is 16.9 Å². The van der Waals surface area contributed by atoms with E-state index in [9.17, 15) is 9.18 Å². The standard InChI is InChI=1S/C15H11FN2O2/c1-20-14-4-5-17-7-12(14)10-2-3-13(16)15-11(10)6-9(8-19)18-15/h2-8,18H,1H3. The number of carbonyl (C=O) groups excluding carboxylic acids is 1. The van der Waals surface area contributed by atoms with Crippen molar-refractivity contribution in [3.05, 3.63) is 48.2 Å². The van der Waals surface area contributed by atoms with E-state index in [1.54, 1.807) is 37.7 Å². The third kappa shape index (κ3) is 1.84. The molecule has 4 nitrogen and oxygen atoms in total. The van der Waals surface area contributed by atoms with E-state index in [1.807, 2.05) is 0 Å². The van der Waals surface area contributed by atoms with Crippen LogP contribution in [0.25, 0.3) is 22.0 Å². The highest BCUT2D eigenvalue weighted by molar-refractivity contribution is 5.99. The SMILES string of the molecule is COc1ccncc1-c1ccc(F)c2[nH]c(C=O)cc12. The van der Waals surface area contributed by atoms with Crippen molar-refractivity contribution < 1.29 is 13.9 Å². The Labute approximate surface area is 114 Å². The molecular weight excluding hydrogens is 259 g/mol. The Morgan fingerprint density at radius 2 is 2.15 bits per heavy atom. The highest BCUT2D eigenvalue weighted by Gasteiger charge is 2.14. The molecule has 0 saturated heterocycles. The van der Waals surface area contributed by atoms with Crippen molar-refractivity contribution in [2.24, 2.45) is 0 Å². The molecule has 5 heteroatoms. The van der Waals surface area contributed by atoms with E-state index >= 15 is 0 Å². The average molecular weight is 270 g/mol. The minimum absolute atomic E-state index is 0.301. The quantitative estimate of drug-likeness (QED) is 0.743. The molecular formula is C15H11FN2O2. The number of aldehydes is 1. The molecule has 0 radical (unpaired) electrons. The molecule has 1 N–H and O–H groups in total. The zero-order chi connectivity index (χ0) is 14.1. The van der Waals surface area contributed by atoms with Crippen LogP contribution in [0, 0.1) is 5.82 Å². The minimum atomic E-state index is -0.403. The number of aromatic nitrogens is 2. The molecule has 0 aliphatic heterocycles. The first-order valence-electron chi connectivity index (χ1n) is 5.99. The Balaban J connectivity index is 2.34. The van der Waals surface area contributed by atoms with Crippen molar-refractivity contribution in [2.45, 2.75) is 0 Å². The van der Waals surface area contributed by atoms with Crippen molar-refractivity contribution in [1.29, 1.82) is 0 Å². The number of methoxy groups -OCH3 is 1. The van der Waals surface area contributed by atoms with Crippen molar-refractivity contribution in [2.75, 3.05) is 7.11 Å². The number of rotatable bonds is 3. The van der Waals surface area contributed by atoms with Crippen molar-refractivity contribution >= 4 is 17.2 Å². The van der Waals surface area contributed by atoms with Gasteiger partial charge in [0, 0.05) is 23.3 Å². The van der Waals surface area contributed by atoms with Crippen molar-refractivity contribution in [1.82, 2.24) is 9.97 Å². The fraction of sp³-hybridized carbons (Fsp3) is 0.0667. The molecule has 0 fully saturated rings. The van der Waals surface area contributed by atoms with Gasteiger partial charge >= 0.3 is 0 Å². The van der Waals surface area contributed by atoms with Gasteiger partial charge in [0.1, 0.15) is 11.6 Å². The zero-order valence-corrected chi connectivity index (χ0v) is 10.7. The molecule has 0 aliphatic carbocycles. The van der Waals surface area contributed by atoms with Crippen LogP contribution in [-0.2, 0) is 0 Å². The molecule has 1 aromatic carbocycles. The Kier molecular flexibility index (Phi) is 2.95. The van der Waals surface area contributed by atoms with Crippen LogP contribution in [0.1, 0.15) is 10.5 Å². The first kappa shape index (κ1) is 12.3. The van der Waals surface area contributed by atoms with Gasteiger partial charge in [0.2, 0.25) is 0 Å². The predicted molar refractivity (Wildman–Crippen MR) is 73.4 cm³/mol. The lowest BCUT2D eigenvalue weighted by atomic mass is 10.0. The van der Waals surface area contributed by atoms with Gasteiger partial charge in [-0.15, -0.1) is 0 Å². The molecule has 3 aromatic rings. The van der Waals surface area contributed by atoms with Gasteiger partial charge < -0.3 is 9.72 Å². The van der Waals surface area contributed by atoms with Crippen LogP contribution < -0.4 is 4.74 Å². The second-order valence-electron chi connectivity index (χ2n) is 4.30. The fourth-order valence-electron chi connectivity index (χ4n) is 2.27. The first-order valence-corrected chi connectivity index (χ1v) is 5.99. The number of nitrogens with zero attached hydrogens (tertiary/aromatic N) is 1. The van der Waals surface area contributed by atoms with Crippen LogP contribution in [-0.4, -0.2) is 23.4 Å².